The minimum Gasteiger partial charge on any atom is -0.380 e. The first-order valence-electron chi connectivity index (χ1n) is 6.49. The lowest BCUT2D eigenvalue weighted by atomic mass is 10.1. The Bertz CT molecular complexity index is 411. The molecule has 19 heavy (non-hydrogen) atoms. The summed E-state index contributed by atoms with van der Waals surface area (Å²) >= 11 is 0. The summed E-state index contributed by atoms with van der Waals surface area (Å²) in [7, 11) is 1.68. The molecule has 2 N–H and O–H groups in total. The summed E-state index contributed by atoms with van der Waals surface area (Å²) in [5.74, 6) is 0.0144. The van der Waals surface area contributed by atoms with Gasteiger partial charge in [0.05, 0.1) is 13.2 Å². The monoisotopic (exact) mass is 264 g/mol. The molecule has 0 saturated carbocycles. The number of hydrogen-bond donors (Lipinski definition) is 2. The fourth-order valence-electron chi connectivity index (χ4n) is 1.78. The minimum atomic E-state index is -0.183. The third-order valence-corrected chi connectivity index (χ3v) is 2.43. The van der Waals surface area contributed by atoms with Crippen molar-refractivity contribution in [3.63, 3.8) is 0 Å². The SMILES string of the molecule is COCc1cccc(CNCC(=O)NC(C)(C)C)c1. The van der Waals surface area contributed by atoms with Crippen LogP contribution in [-0.4, -0.2) is 25.1 Å². The molecule has 106 valence electrons. The number of nitrogens with one attached hydrogen (secondary N) is 2. The molecule has 0 aliphatic carbocycles. The summed E-state index contributed by atoms with van der Waals surface area (Å²) in [6, 6.07) is 8.14. The highest BCUT2D eigenvalue weighted by Crippen LogP contribution is 2.06. The average Bonchev–Trinajstić information content (AvgIpc) is 2.27. The van der Waals surface area contributed by atoms with E-state index in [9.17, 15) is 4.79 Å². The first-order valence-corrected chi connectivity index (χ1v) is 6.49. The zero-order valence-electron chi connectivity index (χ0n) is 12.2. The first kappa shape index (κ1) is 15.7. The number of rotatable bonds is 6. The second-order valence-corrected chi connectivity index (χ2v) is 5.65. The summed E-state index contributed by atoms with van der Waals surface area (Å²) in [5.41, 5.74) is 2.11. The zero-order chi connectivity index (χ0) is 14.3. The van der Waals surface area contributed by atoms with Gasteiger partial charge in [0.15, 0.2) is 0 Å². The van der Waals surface area contributed by atoms with Gasteiger partial charge in [-0.3, -0.25) is 4.79 Å². The molecule has 0 aromatic heterocycles. The Morgan fingerprint density at radius 3 is 2.58 bits per heavy atom. The van der Waals surface area contributed by atoms with Crippen LogP contribution < -0.4 is 10.6 Å². The fourth-order valence-corrected chi connectivity index (χ4v) is 1.78. The maximum atomic E-state index is 11.6. The summed E-state index contributed by atoms with van der Waals surface area (Å²) in [4.78, 5) is 11.6. The molecule has 1 aromatic carbocycles. The predicted octanol–water partition coefficient (Wildman–Crippen LogP) is 1.84. The molecule has 4 heteroatoms. The molecule has 0 heterocycles. The van der Waals surface area contributed by atoms with E-state index in [1.54, 1.807) is 7.11 Å². The van der Waals surface area contributed by atoms with Gasteiger partial charge in [-0.2, -0.15) is 0 Å². The Morgan fingerprint density at radius 1 is 1.26 bits per heavy atom. The number of methoxy groups -OCH3 is 1. The number of ether oxygens (including phenoxy) is 1. The van der Waals surface area contributed by atoms with Gasteiger partial charge in [-0.05, 0) is 31.9 Å². The van der Waals surface area contributed by atoms with Crippen molar-refractivity contribution in [1.29, 1.82) is 0 Å². The summed E-state index contributed by atoms with van der Waals surface area (Å²) < 4.78 is 5.10. The van der Waals surface area contributed by atoms with Crippen molar-refractivity contribution in [3.8, 4) is 0 Å². The molecule has 0 atom stereocenters. The molecular formula is C15H24N2O2. The molecule has 0 aliphatic heterocycles. The molecule has 0 bridgehead atoms. The van der Waals surface area contributed by atoms with Crippen LogP contribution in [0.2, 0.25) is 0 Å². The Kier molecular flexibility index (Phi) is 5.99. The van der Waals surface area contributed by atoms with Crippen molar-refractivity contribution in [3.05, 3.63) is 35.4 Å². The Hall–Kier alpha value is -1.39. The van der Waals surface area contributed by atoms with E-state index in [2.05, 4.69) is 16.7 Å². The molecule has 1 aromatic rings. The van der Waals surface area contributed by atoms with Crippen LogP contribution in [0, 0.1) is 0 Å². The van der Waals surface area contributed by atoms with E-state index in [-0.39, 0.29) is 11.4 Å². The second-order valence-electron chi connectivity index (χ2n) is 5.65. The van der Waals surface area contributed by atoms with Gasteiger partial charge in [-0.15, -0.1) is 0 Å². The third-order valence-electron chi connectivity index (χ3n) is 2.43. The lowest BCUT2D eigenvalue weighted by Gasteiger charge is -2.20. The van der Waals surface area contributed by atoms with Gasteiger partial charge in [0.1, 0.15) is 0 Å². The largest absolute Gasteiger partial charge is 0.380 e. The van der Waals surface area contributed by atoms with Crippen LogP contribution >= 0.6 is 0 Å². The standard InChI is InChI=1S/C15H24N2O2/c1-15(2,3)17-14(18)10-16-9-12-6-5-7-13(8-12)11-19-4/h5-8,16H,9-11H2,1-4H3,(H,17,18). The molecule has 0 fully saturated rings. The zero-order valence-corrected chi connectivity index (χ0v) is 12.2. The highest BCUT2D eigenvalue weighted by Gasteiger charge is 2.12. The van der Waals surface area contributed by atoms with Crippen LogP contribution in [0.1, 0.15) is 31.9 Å². The van der Waals surface area contributed by atoms with Gasteiger partial charge >= 0.3 is 0 Å². The Morgan fingerprint density at radius 2 is 1.95 bits per heavy atom. The van der Waals surface area contributed by atoms with Crippen LogP contribution in [0.3, 0.4) is 0 Å². The molecule has 0 spiro atoms. The summed E-state index contributed by atoms with van der Waals surface area (Å²) in [6.07, 6.45) is 0. The topological polar surface area (TPSA) is 50.4 Å². The molecule has 4 nitrogen and oxygen atoms in total. The smallest absolute Gasteiger partial charge is 0.234 e. The van der Waals surface area contributed by atoms with E-state index >= 15 is 0 Å². The van der Waals surface area contributed by atoms with Crippen molar-refractivity contribution in [2.75, 3.05) is 13.7 Å². The summed E-state index contributed by atoms with van der Waals surface area (Å²) in [5, 5.41) is 6.06. The van der Waals surface area contributed by atoms with E-state index in [1.807, 2.05) is 39.0 Å². The van der Waals surface area contributed by atoms with Gasteiger partial charge in [0.25, 0.3) is 0 Å². The molecule has 1 rings (SSSR count). The van der Waals surface area contributed by atoms with E-state index in [1.165, 1.54) is 0 Å². The van der Waals surface area contributed by atoms with Crippen LogP contribution in [0.5, 0.6) is 0 Å². The minimum absolute atomic E-state index is 0.0144. The number of carbonyl (C=O) groups is 1. The third kappa shape index (κ3) is 6.94. The molecule has 0 unspecified atom stereocenters. The Balaban J connectivity index is 2.36. The normalized spacial score (nSPS) is 11.4. The highest BCUT2D eigenvalue weighted by atomic mass is 16.5. The van der Waals surface area contributed by atoms with Crippen LogP contribution in [0.25, 0.3) is 0 Å². The van der Waals surface area contributed by atoms with Crippen molar-refractivity contribution in [2.45, 2.75) is 39.5 Å². The van der Waals surface area contributed by atoms with Crippen molar-refractivity contribution in [1.82, 2.24) is 10.6 Å². The number of amides is 1. The van der Waals surface area contributed by atoms with Crippen LogP contribution in [-0.2, 0) is 22.7 Å². The van der Waals surface area contributed by atoms with Crippen molar-refractivity contribution in [2.24, 2.45) is 0 Å². The van der Waals surface area contributed by atoms with Gasteiger partial charge in [-0.1, -0.05) is 24.3 Å². The fraction of sp³-hybridized carbons (Fsp3) is 0.533. The van der Waals surface area contributed by atoms with E-state index < -0.39 is 0 Å². The Labute approximate surface area is 115 Å². The maximum absolute atomic E-state index is 11.6. The van der Waals surface area contributed by atoms with Crippen LogP contribution in [0.4, 0.5) is 0 Å². The maximum Gasteiger partial charge on any atom is 0.234 e. The number of carbonyl (C=O) groups excluding carboxylic acids is 1. The van der Waals surface area contributed by atoms with Gasteiger partial charge in [0.2, 0.25) is 5.91 Å². The lowest BCUT2D eigenvalue weighted by molar-refractivity contribution is -0.121. The predicted molar refractivity (Wildman–Crippen MR) is 76.8 cm³/mol. The first-order chi connectivity index (χ1) is 8.90. The summed E-state index contributed by atoms with van der Waals surface area (Å²) in [6.45, 7) is 7.52. The number of benzene rings is 1. The average molecular weight is 264 g/mol. The molecule has 1 amide bonds. The van der Waals surface area contributed by atoms with Crippen molar-refractivity contribution < 1.29 is 9.53 Å². The highest BCUT2D eigenvalue weighted by molar-refractivity contribution is 5.78. The molecule has 0 radical (unpaired) electrons. The molecule has 0 aliphatic rings. The second kappa shape index (κ2) is 7.26. The van der Waals surface area contributed by atoms with Gasteiger partial charge in [-0.25, -0.2) is 0 Å². The van der Waals surface area contributed by atoms with E-state index in [0.717, 1.165) is 11.1 Å². The quantitative estimate of drug-likeness (QED) is 0.824. The molecular weight excluding hydrogens is 240 g/mol. The van der Waals surface area contributed by atoms with Gasteiger partial charge in [0, 0.05) is 19.2 Å². The lowest BCUT2D eigenvalue weighted by Crippen LogP contribution is -2.44. The number of hydrogen-bond acceptors (Lipinski definition) is 3. The molecule has 0 saturated heterocycles. The van der Waals surface area contributed by atoms with E-state index in [0.29, 0.717) is 19.7 Å². The van der Waals surface area contributed by atoms with Crippen molar-refractivity contribution >= 4 is 5.91 Å². The van der Waals surface area contributed by atoms with Crippen LogP contribution in [0.15, 0.2) is 24.3 Å². The van der Waals surface area contributed by atoms with E-state index in [4.69, 9.17) is 4.74 Å². The van der Waals surface area contributed by atoms with Gasteiger partial charge < -0.3 is 15.4 Å².